The van der Waals surface area contributed by atoms with Crippen LogP contribution in [-0.4, -0.2) is 11.4 Å². The Hall–Kier alpha value is -0.770. The van der Waals surface area contributed by atoms with E-state index in [-0.39, 0.29) is 18.3 Å². The van der Waals surface area contributed by atoms with E-state index in [1.54, 1.807) is 24.3 Å². The highest BCUT2D eigenvalue weighted by Gasteiger charge is 2.35. The van der Waals surface area contributed by atoms with Gasteiger partial charge in [-0.15, -0.1) is 12.4 Å². The van der Waals surface area contributed by atoms with Crippen molar-refractivity contribution in [2.45, 2.75) is 37.6 Å². The standard InChI is InChI=1S/C13H17ClN2O.ClH/c14-10-4-6-11(7-5-10)16-12(17)13(15)8-2-1-3-9-13;/h4-7H,1-3,8-9,15H2,(H,16,17);1H. The molecule has 1 aromatic carbocycles. The molecule has 0 spiro atoms. The van der Waals surface area contributed by atoms with Crippen molar-refractivity contribution < 1.29 is 4.79 Å². The third-order valence-electron chi connectivity index (χ3n) is 3.30. The Balaban J connectivity index is 0.00000162. The maximum absolute atomic E-state index is 12.1. The molecule has 0 saturated heterocycles. The van der Waals surface area contributed by atoms with Gasteiger partial charge in [-0.1, -0.05) is 30.9 Å². The second kappa shape index (κ2) is 6.41. The van der Waals surface area contributed by atoms with Crippen molar-refractivity contribution in [3.8, 4) is 0 Å². The Bertz CT molecular complexity index is 400. The van der Waals surface area contributed by atoms with Crippen LogP contribution in [0.3, 0.4) is 0 Å². The molecule has 3 nitrogen and oxygen atoms in total. The monoisotopic (exact) mass is 288 g/mol. The fraction of sp³-hybridized carbons (Fsp3) is 0.462. The number of benzene rings is 1. The number of carbonyl (C=O) groups excluding carboxylic acids is 1. The van der Waals surface area contributed by atoms with Crippen LogP contribution in [0.5, 0.6) is 0 Å². The Morgan fingerprint density at radius 1 is 1.17 bits per heavy atom. The second-order valence-corrected chi connectivity index (χ2v) is 5.11. The predicted molar refractivity (Wildman–Crippen MR) is 77.3 cm³/mol. The van der Waals surface area contributed by atoms with E-state index in [2.05, 4.69) is 5.32 Å². The number of anilines is 1. The summed E-state index contributed by atoms with van der Waals surface area (Å²) in [5.74, 6) is -0.0838. The maximum atomic E-state index is 12.1. The first-order chi connectivity index (χ1) is 8.10. The molecule has 0 aliphatic heterocycles. The number of carbonyl (C=O) groups is 1. The van der Waals surface area contributed by atoms with Crippen molar-refractivity contribution in [2.75, 3.05) is 5.32 Å². The van der Waals surface area contributed by atoms with Gasteiger partial charge in [0.15, 0.2) is 0 Å². The molecule has 1 aliphatic rings. The highest BCUT2D eigenvalue weighted by atomic mass is 35.5. The molecule has 5 heteroatoms. The first-order valence-electron chi connectivity index (χ1n) is 5.96. The molecule has 0 radical (unpaired) electrons. The van der Waals surface area contributed by atoms with Crippen molar-refractivity contribution in [1.29, 1.82) is 0 Å². The third kappa shape index (κ3) is 3.61. The quantitative estimate of drug-likeness (QED) is 0.877. The molecule has 1 fully saturated rings. The first kappa shape index (κ1) is 15.3. The van der Waals surface area contributed by atoms with Crippen LogP contribution in [0.15, 0.2) is 24.3 Å². The van der Waals surface area contributed by atoms with Crippen LogP contribution >= 0.6 is 24.0 Å². The van der Waals surface area contributed by atoms with Crippen molar-refractivity contribution in [3.05, 3.63) is 29.3 Å². The number of hydrogen-bond donors (Lipinski definition) is 2. The highest BCUT2D eigenvalue weighted by molar-refractivity contribution is 6.30. The average molecular weight is 289 g/mol. The minimum atomic E-state index is -0.697. The number of amides is 1. The van der Waals surface area contributed by atoms with E-state index in [4.69, 9.17) is 17.3 Å². The fourth-order valence-corrected chi connectivity index (χ4v) is 2.32. The van der Waals surface area contributed by atoms with Gasteiger partial charge in [0.1, 0.15) is 0 Å². The van der Waals surface area contributed by atoms with E-state index in [0.29, 0.717) is 5.02 Å². The molecular weight excluding hydrogens is 271 g/mol. The molecule has 2 rings (SSSR count). The lowest BCUT2D eigenvalue weighted by Crippen LogP contribution is -2.52. The number of nitrogens with one attached hydrogen (secondary N) is 1. The molecule has 0 atom stereocenters. The summed E-state index contributed by atoms with van der Waals surface area (Å²) in [4.78, 5) is 12.1. The summed E-state index contributed by atoms with van der Waals surface area (Å²) in [6, 6.07) is 7.07. The molecule has 1 aromatic rings. The molecule has 0 heterocycles. The zero-order valence-corrected chi connectivity index (χ0v) is 11.7. The average Bonchev–Trinajstić information content (AvgIpc) is 2.33. The van der Waals surface area contributed by atoms with Gasteiger partial charge in [-0.3, -0.25) is 4.79 Å². The Morgan fingerprint density at radius 2 is 1.72 bits per heavy atom. The lowest BCUT2D eigenvalue weighted by Gasteiger charge is -2.31. The minimum absolute atomic E-state index is 0. The lowest BCUT2D eigenvalue weighted by molar-refractivity contribution is -0.122. The first-order valence-corrected chi connectivity index (χ1v) is 6.34. The van der Waals surface area contributed by atoms with E-state index in [9.17, 15) is 4.79 Å². The Morgan fingerprint density at radius 3 is 2.28 bits per heavy atom. The zero-order valence-electron chi connectivity index (χ0n) is 10.1. The predicted octanol–water partition coefficient (Wildman–Crippen LogP) is 3.36. The van der Waals surface area contributed by atoms with Gasteiger partial charge in [0.25, 0.3) is 0 Å². The summed E-state index contributed by atoms with van der Waals surface area (Å²) in [6.45, 7) is 0. The summed E-state index contributed by atoms with van der Waals surface area (Å²) in [5.41, 5.74) is 6.19. The van der Waals surface area contributed by atoms with E-state index >= 15 is 0 Å². The Labute approximate surface area is 118 Å². The van der Waals surface area contributed by atoms with Crippen molar-refractivity contribution in [2.24, 2.45) is 5.73 Å². The maximum Gasteiger partial charge on any atom is 0.244 e. The van der Waals surface area contributed by atoms with Gasteiger partial charge < -0.3 is 11.1 Å². The van der Waals surface area contributed by atoms with Gasteiger partial charge in [0.2, 0.25) is 5.91 Å². The van der Waals surface area contributed by atoms with Gasteiger partial charge in [-0.2, -0.15) is 0 Å². The van der Waals surface area contributed by atoms with E-state index in [1.165, 1.54) is 6.42 Å². The molecule has 1 saturated carbocycles. The third-order valence-corrected chi connectivity index (χ3v) is 3.55. The molecule has 0 bridgehead atoms. The minimum Gasteiger partial charge on any atom is -0.324 e. The van der Waals surface area contributed by atoms with Crippen molar-refractivity contribution in [1.82, 2.24) is 0 Å². The summed E-state index contributed by atoms with van der Waals surface area (Å²) in [6.07, 6.45) is 4.78. The molecule has 0 unspecified atom stereocenters. The van der Waals surface area contributed by atoms with Gasteiger partial charge >= 0.3 is 0 Å². The van der Waals surface area contributed by atoms with Crippen LogP contribution in [0.2, 0.25) is 5.02 Å². The number of hydrogen-bond acceptors (Lipinski definition) is 2. The van der Waals surface area contributed by atoms with Crippen LogP contribution in [0.25, 0.3) is 0 Å². The van der Waals surface area contributed by atoms with Crippen LogP contribution in [-0.2, 0) is 4.79 Å². The van der Waals surface area contributed by atoms with E-state index in [0.717, 1.165) is 31.4 Å². The van der Waals surface area contributed by atoms with Crippen LogP contribution in [0.1, 0.15) is 32.1 Å². The summed E-state index contributed by atoms with van der Waals surface area (Å²) in [7, 11) is 0. The molecule has 0 aromatic heterocycles. The van der Waals surface area contributed by atoms with Gasteiger partial charge in [0.05, 0.1) is 5.54 Å². The Kier molecular flexibility index (Phi) is 5.45. The number of halogens is 2. The molecule has 3 N–H and O–H groups in total. The highest BCUT2D eigenvalue weighted by Crippen LogP contribution is 2.27. The summed E-state index contributed by atoms with van der Waals surface area (Å²) < 4.78 is 0. The fourth-order valence-electron chi connectivity index (χ4n) is 2.20. The normalized spacial score (nSPS) is 17.7. The van der Waals surface area contributed by atoms with Gasteiger partial charge in [0, 0.05) is 10.7 Å². The number of nitrogens with two attached hydrogens (primary N) is 1. The second-order valence-electron chi connectivity index (χ2n) is 4.68. The lowest BCUT2D eigenvalue weighted by atomic mass is 9.82. The zero-order chi connectivity index (χ0) is 12.3. The largest absolute Gasteiger partial charge is 0.324 e. The smallest absolute Gasteiger partial charge is 0.244 e. The topological polar surface area (TPSA) is 55.1 Å². The summed E-state index contributed by atoms with van der Waals surface area (Å²) in [5, 5.41) is 3.51. The molecular formula is C13H18Cl2N2O. The van der Waals surface area contributed by atoms with Crippen LogP contribution in [0, 0.1) is 0 Å². The molecule has 1 aliphatic carbocycles. The van der Waals surface area contributed by atoms with Gasteiger partial charge in [-0.05, 0) is 37.1 Å². The number of rotatable bonds is 2. The van der Waals surface area contributed by atoms with Crippen LogP contribution in [0.4, 0.5) is 5.69 Å². The van der Waals surface area contributed by atoms with E-state index < -0.39 is 5.54 Å². The van der Waals surface area contributed by atoms with E-state index in [1.807, 2.05) is 0 Å². The SMILES string of the molecule is Cl.NC1(C(=O)Nc2ccc(Cl)cc2)CCCCC1. The van der Waals surface area contributed by atoms with Crippen molar-refractivity contribution >= 4 is 35.6 Å². The molecule has 1 amide bonds. The van der Waals surface area contributed by atoms with Gasteiger partial charge in [-0.25, -0.2) is 0 Å². The van der Waals surface area contributed by atoms with Crippen LogP contribution < -0.4 is 11.1 Å². The summed E-state index contributed by atoms with van der Waals surface area (Å²) >= 11 is 5.79. The molecule has 18 heavy (non-hydrogen) atoms. The van der Waals surface area contributed by atoms with Crippen molar-refractivity contribution in [3.63, 3.8) is 0 Å². The molecule has 100 valence electrons.